The molecule has 0 N–H and O–H groups in total. The quantitative estimate of drug-likeness (QED) is 0.261. The van der Waals surface area contributed by atoms with Gasteiger partial charge >= 0.3 is 0 Å². The predicted octanol–water partition coefficient (Wildman–Crippen LogP) is 5.66. The standard InChI is InChI=1S/C34H38N4O2S/c1-34(29-5-3-2-4-6-29,23-27-11-17-35-18-12-27)30-15-21-37(22-16-30)24-28-25-38(26-28)31-7-9-32(10-8-31)41(39,40)33-13-19-36-20-14-33/h2-14,17-20,28,30H,15-16,21-26H2,1H3. The third-order valence-electron chi connectivity index (χ3n) is 9.19. The van der Waals surface area contributed by atoms with Crippen LogP contribution in [0.25, 0.3) is 0 Å². The van der Waals surface area contributed by atoms with E-state index < -0.39 is 9.84 Å². The van der Waals surface area contributed by atoms with Crippen LogP contribution in [0.1, 0.15) is 30.9 Å². The molecule has 1 atom stereocenters. The summed E-state index contributed by atoms with van der Waals surface area (Å²) in [6.45, 7) is 7.90. The van der Waals surface area contributed by atoms with Crippen molar-refractivity contribution in [2.75, 3.05) is 37.6 Å². The third kappa shape index (κ3) is 5.92. The van der Waals surface area contributed by atoms with Gasteiger partial charge in [-0.3, -0.25) is 9.97 Å². The number of rotatable bonds is 9. The molecule has 0 saturated carbocycles. The number of aromatic nitrogens is 2. The van der Waals surface area contributed by atoms with E-state index in [1.54, 1.807) is 12.1 Å². The van der Waals surface area contributed by atoms with Gasteiger partial charge in [0.1, 0.15) is 0 Å². The maximum atomic E-state index is 12.9. The molecule has 0 bridgehead atoms. The van der Waals surface area contributed by atoms with E-state index in [0.29, 0.717) is 16.7 Å². The number of piperidine rings is 1. The molecule has 0 spiro atoms. The minimum atomic E-state index is -3.52. The van der Waals surface area contributed by atoms with E-state index in [2.05, 4.69) is 69.2 Å². The van der Waals surface area contributed by atoms with Crippen molar-refractivity contribution >= 4 is 15.5 Å². The lowest BCUT2D eigenvalue weighted by molar-refractivity contribution is 0.113. The first kappa shape index (κ1) is 27.6. The number of likely N-dealkylation sites (tertiary alicyclic amines) is 1. The van der Waals surface area contributed by atoms with E-state index in [0.717, 1.165) is 44.8 Å². The maximum absolute atomic E-state index is 12.9. The van der Waals surface area contributed by atoms with Crippen molar-refractivity contribution in [3.8, 4) is 0 Å². The average Bonchev–Trinajstić information content (AvgIpc) is 3.00. The molecule has 1 unspecified atom stereocenters. The Kier molecular flexibility index (Phi) is 7.91. The summed E-state index contributed by atoms with van der Waals surface area (Å²) in [5.74, 6) is 1.28. The topological polar surface area (TPSA) is 66.4 Å². The first-order valence-corrected chi connectivity index (χ1v) is 16.1. The van der Waals surface area contributed by atoms with Crippen LogP contribution in [0.5, 0.6) is 0 Å². The van der Waals surface area contributed by atoms with Crippen molar-refractivity contribution in [1.82, 2.24) is 14.9 Å². The van der Waals surface area contributed by atoms with E-state index in [9.17, 15) is 8.42 Å². The van der Waals surface area contributed by atoms with E-state index in [4.69, 9.17) is 0 Å². The van der Waals surface area contributed by atoms with Gasteiger partial charge in [0.15, 0.2) is 0 Å². The molecule has 2 aliphatic heterocycles. The molecule has 0 amide bonds. The fourth-order valence-electron chi connectivity index (χ4n) is 6.73. The van der Waals surface area contributed by atoms with Gasteiger partial charge in [0.05, 0.1) is 9.79 Å². The van der Waals surface area contributed by atoms with Crippen LogP contribution in [-0.2, 0) is 21.7 Å². The number of hydrogen-bond donors (Lipinski definition) is 0. The molecule has 0 radical (unpaired) electrons. The zero-order chi connectivity index (χ0) is 28.3. The minimum Gasteiger partial charge on any atom is -0.371 e. The molecule has 41 heavy (non-hydrogen) atoms. The molecule has 212 valence electrons. The minimum absolute atomic E-state index is 0.0962. The Morgan fingerprint density at radius 1 is 0.780 bits per heavy atom. The van der Waals surface area contributed by atoms with Gasteiger partial charge in [0.2, 0.25) is 9.84 Å². The van der Waals surface area contributed by atoms with Crippen molar-refractivity contribution in [3.05, 3.63) is 115 Å². The number of hydrogen-bond acceptors (Lipinski definition) is 6. The summed E-state index contributed by atoms with van der Waals surface area (Å²) in [5, 5.41) is 0. The number of nitrogens with zero attached hydrogens (tertiary/aromatic N) is 4. The molecular weight excluding hydrogens is 528 g/mol. The van der Waals surface area contributed by atoms with Crippen LogP contribution in [0, 0.1) is 11.8 Å². The first-order chi connectivity index (χ1) is 19.9. The molecule has 6 nitrogen and oxygen atoms in total. The van der Waals surface area contributed by atoms with Crippen molar-refractivity contribution < 1.29 is 8.42 Å². The second-order valence-corrected chi connectivity index (χ2v) is 13.8. The highest BCUT2D eigenvalue weighted by Crippen LogP contribution is 2.41. The van der Waals surface area contributed by atoms with Crippen molar-refractivity contribution in [2.24, 2.45) is 11.8 Å². The van der Waals surface area contributed by atoms with Crippen LogP contribution < -0.4 is 4.90 Å². The van der Waals surface area contributed by atoms with E-state index in [1.165, 1.54) is 48.5 Å². The lowest BCUT2D eigenvalue weighted by atomic mass is 9.65. The van der Waals surface area contributed by atoms with Gasteiger partial charge in [-0.15, -0.1) is 0 Å². The Hall–Kier alpha value is -3.55. The summed E-state index contributed by atoms with van der Waals surface area (Å²) in [7, 11) is -3.52. The highest BCUT2D eigenvalue weighted by Gasteiger charge is 2.39. The second kappa shape index (κ2) is 11.7. The summed E-state index contributed by atoms with van der Waals surface area (Å²) in [5.41, 5.74) is 3.97. The molecule has 4 aromatic rings. The van der Waals surface area contributed by atoms with Gasteiger partial charge in [-0.1, -0.05) is 37.3 Å². The molecule has 2 fully saturated rings. The Morgan fingerprint density at radius 2 is 1.37 bits per heavy atom. The summed E-state index contributed by atoms with van der Waals surface area (Å²) in [6.07, 6.45) is 10.3. The van der Waals surface area contributed by atoms with E-state index in [1.807, 2.05) is 24.5 Å². The summed E-state index contributed by atoms with van der Waals surface area (Å²) >= 11 is 0. The normalized spacial score (nSPS) is 18.5. The molecule has 4 heterocycles. The lowest BCUT2D eigenvalue weighted by Crippen LogP contribution is -2.53. The zero-order valence-electron chi connectivity index (χ0n) is 23.6. The third-order valence-corrected chi connectivity index (χ3v) is 11.0. The van der Waals surface area contributed by atoms with Crippen molar-refractivity contribution in [2.45, 2.75) is 41.4 Å². The van der Waals surface area contributed by atoms with Gasteiger partial charge in [-0.05, 0) is 103 Å². The van der Waals surface area contributed by atoms with Crippen LogP contribution in [-0.4, -0.2) is 56.0 Å². The fourth-order valence-corrected chi connectivity index (χ4v) is 7.98. The first-order valence-electron chi connectivity index (χ1n) is 14.6. The van der Waals surface area contributed by atoms with Crippen LogP contribution in [0.3, 0.4) is 0 Å². The number of anilines is 1. The molecule has 2 aromatic carbocycles. The Morgan fingerprint density at radius 3 is 2.00 bits per heavy atom. The Bertz CT molecular complexity index is 1520. The summed E-state index contributed by atoms with van der Waals surface area (Å²) in [6, 6.07) is 25.8. The Balaban J connectivity index is 1.03. The molecule has 2 saturated heterocycles. The Labute approximate surface area is 244 Å². The van der Waals surface area contributed by atoms with Crippen LogP contribution in [0.15, 0.2) is 113 Å². The zero-order valence-corrected chi connectivity index (χ0v) is 24.5. The molecular formula is C34H38N4O2S. The van der Waals surface area contributed by atoms with Gasteiger partial charge in [0, 0.05) is 56.0 Å². The average molecular weight is 567 g/mol. The monoisotopic (exact) mass is 566 g/mol. The highest BCUT2D eigenvalue weighted by atomic mass is 32.2. The predicted molar refractivity (Wildman–Crippen MR) is 163 cm³/mol. The van der Waals surface area contributed by atoms with Gasteiger partial charge in [-0.25, -0.2) is 8.42 Å². The number of pyridine rings is 2. The molecule has 6 rings (SSSR count). The number of benzene rings is 2. The highest BCUT2D eigenvalue weighted by molar-refractivity contribution is 7.91. The van der Waals surface area contributed by atoms with E-state index >= 15 is 0 Å². The second-order valence-electron chi connectivity index (χ2n) is 11.8. The molecule has 2 aliphatic rings. The molecule has 2 aromatic heterocycles. The smallest absolute Gasteiger partial charge is 0.206 e. The lowest BCUT2D eigenvalue weighted by Gasteiger charge is -2.47. The van der Waals surface area contributed by atoms with Gasteiger partial charge < -0.3 is 9.80 Å². The molecule has 0 aliphatic carbocycles. The van der Waals surface area contributed by atoms with Gasteiger partial charge in [0.25, 0.3) is 0 Å². The summed E-state index contributed by atoms with van der Waals surface area (Å²) in [4.78, 5) is 13.7. The van der Waals surface area contributed by atoms with Crippen LogP contribution in [0.4, 0.5) is 5.69 Å². The van der Waals surface area contributed by atoms with Gasteiger partial charge in [-0.2, -0.15) is 0 Å². The van der Waals surface area contributed by atoms with Crippen LogP contribution >= 0.6 is 0 Å². The largest absolute Gasteiger partial charge is 0.371 e. The fraction of sp³-hybridized carbons (Fsp3) is 0.353. The summed E-state index contributed by atoms with van der Waals surface area (Å²) < 4.78 is 25.8. The van der Waals surface area contributed by atoms with E-state index in [-0.39, 0.29) is 10.3 Å². The SMILES string of the molecule is CC(Cc1ccncc1)(c1ccccc1)C1CCN(CC2CN(c3ccc(S(=O)(=O)c4ccncc4)cc3)C2)CC1. The maximum Gasteiger partial charge on any atom is 0.206 e. The van der Waals surface area contributed by atoms with Crippen LogP contribution in [0.2, 0.25) is 0 Å². The van der Waals surface area contributed by atoms with Crippen molar-refractivity contribution in [3.63, 3.8) is 0 Å². The number of sulfone groups is 1. The molecule has 7 heteroatoms. The van der Waals surface area contributed by atoms with Crippen molar-refractivity contribution in [1.29, 1.82) is 0 Å².